The summed E-state index contributed by atoms with van der Waals surface area (Å²) in [6.45, 7) is 0.470. The number of carbonyl (C=O) groups excluding carboxylic acids is 1. The van der Waals surface area contributed by atoms with E-state index < -0.39 is 0 Å². The average Bonchev–Trinajstić information content (AvgIpc) is 3.11. The highest BCUT2D eigenvalue weighted by Gasteiger charge is 2.24. The summed E-state index contributed by atoms with van der Waals surface area (Å²) in [4.78, 5) is 16.0. The Labute approximate surface area is 105 Å². The van der Waals surface area contributed by atoms with Gasteiger partial charge in [0.1, 0.15) is 0 Å². The van der Waals surface area contributed by atoms with Gasteiger partial charge < -0.3 is 9.73 Å². The van der Waals surface area contributed by atoms with Crippen molar-refractivity contribution < 1.29 is 9.21 Å². The smallest absolute Gasteiger partial charge is 0.287 e. The molecule has 1 aliphatic rings. The van der Waals surface area contributed by atoms with Gasteiger partial charge in [-0.3, -0.25) is 9.78 Å². The maximum absolute atomic E-state index is 11.6. The first-order chi connectivity index (χ1) is 8.83. The van der Waals surface area contributed by atoms with Crippen molar-refractivity contribution in [1.82, 2.24) is 10.3 Å². The largest absolute Gasteiger partial charge is 0.459 e. The second kappa shape index (κ2) is 4.64. The number of pyridine rings is 1. The van der Waals surface area contributed by atoms with Crippen molar-refractivity contribution in [2.24, 2.45) is 0 Å². The Morgan fingerprint density at radius 1 is 1.39 bits per heavy atom. The summed E-state index contributed by atoms with van der Waals surface area (Å²) in [6.07, 6.45) is 5.82. The molecule has 4 heteroatoms. The lowest BCUT2D eigenvalue weighted by atomic mass is 10.2. The van der Waals surface area contributed by atoms with Gasteiger partial charge in [-0.25, -0.2) is 0 Å². The number of furan rings is 1. The third-order valence-corrected chi connectivity index (χ3v) is 3.04. The maximum atomic E-state index is 11.6. The SMILES string of the molecule is O=C(NCc1ccc(C2CC2)nc1)c1ccco1. The maximum Gasteiger partial charge on any atom is 0.287 e. The molecule has 4 nitrogen and oxygen atoms in total. The van der Waals surface area contributed by atoms with Crippen LogP contribution < -0.4 is 5.32 Å². The molecule has 0 spiro atoms. The molecule has 1 aliphatic carbocycles. The molecule has 1 amide bonds. The first-order valence-electron chi connectivity index (χ1n) is 6.09. The quantitative estimate of drug-likeness (QED) is 0.896. The highest BCUT2D eigenvalue weighted by molar-refractivity contribution is 5.91. The van der Waals surface area contributed by atoms with Gasteiger partial charge in [-0.15, -0.1) is 0 Å². The first kappa shape index (κ1) is 11.0. The van der Waals surface area contributed by atoms with E-state index in [-0.39, 0.29) is 5.91 Å². The van der Waals surface area contributed by atoms with E-state index in [2.05, 4.69) is 10.3 Å². The van der Waals surface area contributed by atoms with Gasteiger partial charge >= 0.3 is 0 Å². The van der Waals surface area contributed by atoms with E-state index in [1.807, 2.05) is 18.3 Å². The topological polar surface area (TPSA) is 55.1 Å². The van der Waals surface area contributed by atoms with Crippen LogP contribution in [0.1, 0.15) is 40.6 Å². The third-order valence-electron chi connectivity index (χ3n) is 3.04. The molecule has 1 N–H and O–H groups in total. The van der Waals surface area contributed by atoms with Gasteiger partial charge in [0.15, 0.2) is 5.76 Å². The van der Waals surface area contributed by atoms with E-state index in [9.17, 15) is 4.79 Å². The van der Waals surface area contributed by atoms with Crippen molar-refractivity contribution in [3.8, 4) is 0 Å². The Bertz CT molecular complexity index is 527. The second-order valence-corrected chi connectivity index (χ2v) is 4.53. The van der Waals surface area contributed by atoms with Crippen LogP contribution in [0, 0.1) is 0 Å². The minimum atomic E-state index is -0.203. The van der Waals surface area contributed by atoms with Crippen LogP contribution in [-0.2, 0) is 6.54 Å². The van der Waals surface area contributed by atoms with Crippen LogP contribution in [0.5, 0.6) is 0 Å². The lowest BCUT2D eigenvalue weighted by Gasteiger charge is -2.04. The minimum Gasteiger partial charge on any atom is -0.459 e. The molecular formula is C14H14N2O2. The minimum absolute atomic E-state index is 0.203. The normalized spacial score (nSPS) is 14.4. The van der Waals surface area contributed by atoms with Crippen molar-refractivity contribution >= 4 is 5.91 Å². The van der Waals surface area contributed by atoms with Crippen LogP contribution in [0.3, 0.4) is 0 Å². The zero-order chi connectivity index (χ0) is 12.4. The van der Waals surface area contributed by atoms with Gasteiger partial charge in [0.2, 0.25) is 0 Å². The van der Waals surface area contributed by atoms with Gasteiger partial charge in [-0.2, -0.15) is 0 Å². The Kier molecular flexibility index (Phi) is 2.84. The average molecular weight is 242 g/mol. The molecule has 0 saturated heterocycles. The Hall–Kier alpha value is -2.10. The van der Waals surface area contributed by atoms with E-state index in [0.29, 0.717) is 18.2 Å². The molecular weight excluding hydrogens is 228 g/mol. The molecule has 18 heavy (non-hydrogen) atoms. The molecule has 2 aromatic heterocycles. The number of hydrogen-bond acceptors (Lipinski definition) is 3. The van der Waals surface area contributed by atoms with Gasteiger partial charge in [-0.1, -0.05) is 6.07 Å². The molecule has 1 saturated carbocycles. The van der Waals surface area contributed by atoms with Crippen LogP contribution in [0.25, 0.3) is 0 Å². The summed E-state index contributed by atoms with van der Waals surface area (Å²) >= 11 is 0. The molecule has 2 heterocycles. The molecule has 1 fully saturated rings. The highest BCUT2D eigenvalue weighted by atomic mass is 16.3. The van der Waals surface area contributed by atoms with E-state index in [0.717, 1.165) is 11.3 Å². The standard InChI is InChI=1S/C14H14N2O2/c17-14(13-2-1-7-18-13)16-9-10-3-6-12(15-8-10)11-4-5-11/h1-3,6-8,11H,4-5,9H2,(H,16,17). The second-order valence-electron chi connectivity index (χ2n) is 4.53. The highest BCUT2D eigenvalue weighted by Crippen LogP contribution is 2.38. The Morgan fingerprint density at radius 3 is 2.89 bits per heavy atom. The number of carbonyl (C=O) groups is 1. The number of amides is 1. The van der Waals surface area contributed by atoms with E-state index in [4.69, 9.17) is 4.42 Å². The Balaban J connectivity index is 1.57. The lowest BCUT2D eigenvalue weighted by molar-refractivity contribution is 0.0923. The van der Waals surface area contributed by atoms with E-state index >= 15 is 0 Å². The number of rotatable bonds is 4. The van der Waals surface area contributed by atoms with Crippen LogP contribution in [-0.4, -0.2) is 10.9 Å². The van der Waals surface area contributed by atoms with Gasteiger partial charge in [0.25, 0.3) is 5.91 Å². The van der Waals surface area contributed by atoms with Crippen LogP contribution >= 0.6 is 0 Å². The summed E-state index contributed by atoms with van der Waals surface area (Å²) in [7, 11) is 0. The molecule has 0 aromatic carbocycles. The third kappa shape index (κ3) is 2.42. The number of nitrogens with zero attached hydrogens (tertiary/aromatic N) is 1. The van der Waals surface area contributed by atoms with Crippen molar-refractivity contribution in [1.29, 1.82) is 0 Å². The van der Waals surface area contributed by atoms with Gasteiger partial charge in [0.05, 0.1) is 6.26 Å². The number of nitrogens with one attached hydrogen (secondary N) is 1. The first-order valence-corrected chi connectivity index (χ1v) is 6.09. The van der Waals surface area contributed by atoms with Crippen LogP contribution in [0.4, 0.5) is 0 Å². The van der Waals surface area contributed by atoms with E-state index in [1.54, 1.807) is 12.1 Å². The summed E-state index contributed by atoms with van der Waals surface area (Å²) in [5.41, 5.74) is 2.16. The molecule has 0 atom stereocenters. The van der Waals surface area contributed by atoms with Crippen molar-refractivity contribution in [3.63, 3.8) is 0 Å². The molecule has 2 aromatic rings. The zero-order valence-corrected chi connectivity index (χ0v) is 9.93. The molecule has 92 valence electrons. The predicted octanol–water partition coefficient (Wildman–Crippen LogP) is 2.48. The fourth-order valence-corrected chi connectivity index (χ4v) is 1.84. The summed E-state index contributed by atoms with van der Waals surface area (Å²) in [5.74, 6) is 0.792. The fraction of sp³-hybridized carbons (Fsp3) is 0.286. The van der Waals surface area contributed by atoms with Crippen LogP contribution in [0.2, 0.25) is 0 Å². The molecule has 3 rings (SSSR count). The summed E-state index contributed by atoms with van der Waals surface area (Å²) in [6, 6.07) is 7.40. The van der Waals surface area contributed by atoms with Gasteiger partial charge in [0, 0.05) is 24.4 Å². The summed E-state index contributed by atoms with van der Waals surface area (Å²) in [5, 5.41) is 2.79. The lowest BCUT2D eigenvalue weighted by Crippen LogP contribution is -2.22. The van der Waals surface area contributed by atoms with Crippen molar-refractivity contribution in [2.75, 3.05) is 0 Å². The van der Waals surface area contributed by atoms with Crippen LogP contribution in [0.15, 0.2) is 41.1 Å². The van der Waals surface area contributed by atoms with Crippen molar-refractivity contribution in [2.45, 2.75) is 25.3 Å². The van der Waals surface area contributed by atoms with Gasteiger partial charge in [-0.05, 0) is 36.6 Å². The predicted molar refractivity (Wildman–Crippen MR) is 66.1 cm³/mol. The number of aromatic nitrogens is 1. The molecule has 0 radical (unpaired) electrons. The molecule has 0 unspecified atom stereocenters. The van der Waals surface area contributed by atoms with E-state index in [1.165, 1.54) is 19.1 Å². The Morgan fingerprint density at radius 2 is 2.28 bits per heavy atom. The molecule has 0 aliphatic heterocycles. The summed E-state index contributed by atoms with van der Waals surface area (Å²) < 4.78 is 5.01. The monoisotopic (exact) mass is 242 g/mol. The number of hydrogen-bond donors (Lipinski definition) is 1. The zero-order valence-electron chi connectivity index (χ0n) is 9.93. The molecule has 0 bridgehead atoms. The van der Waals surface area contributed by atoms with Crippen molar-refractivity contribution in [3.05, 3.63) is 53.7 Å². The fourth-order valence-electron chi connectivity index (χ4n) is 1.84.